The van der Waals surface area contributed by atoms with Gasteiger partial charge in [0.15, 0.2) is 0 Å². The molecular weight excluding hydrogens is 252 g/mol. The van der Waals surface area contributed by atoms with Crippen molar-refractivity contribution in [3.8, 4) is 5.75 Å². The Kier molecular flexibility index (Phi) is 5.01. The molecule has 1 aliphatic rings. The number of carbonyl (C=O) groups excluding carboxylic acids is 1. The maximum atomic E-state index is 12.2. The Hall–Kier alpha value is -1.55. The van der Waals surface area contributed by atoms with Crippen molar-refractivity contribution in [2.45, 2.75) is 51.7 Å². The number of carbonyl (C=O) groups is 1. The number of anilines is 1. The molecule has 1 amide bonds. The maximum absolute atomic E-state index is 12.2. The van der Waals surface area contributed by atoms with Crippen molar-refractivity contribution in [3.05, 3.63) is 24.3 Å². The fourth-order valence-corrected chi connectivity index (χ4v) is 2.61. The first-order chi connectivity index (χ1) is 9.56. The molecule has 1 fully saturated rings. The van der Waals surface area contributed by atoms with E-state index in [0.717, 1.165) is 37.1 Å². The molecular formula is C16H24N2O2. The Morgan fingerprint density at radius 2 is 1.90 bits per heavy atom. The van der Waals surface area contributed by atoms with Crippen LogP contribution < -0.4 is 15.8 Å². The highest BCUT2D eigenvalue weighted by molar-refractivity contribution is 5.93. The number of ether oxygens (including phenoxy) is 1. The van der Waals surface area contributed by atoms with Gasteiger partial charge in [0.05, 0.1) is 12.0 Å². The van der Waals surface area contributed by atoms with Gasteiger partial charge in [-0.25, -0.2) is 0 Å². The molecule has 1 aromatic carbocycles. The summed E-state index contributed by atoms with van der Waals surface area (Å²) < 4.78 is 5.57. The van der Waals surface area contributed by atoms with Crippen LogP contribution in [0.25, 0.3) is 0 Å². The molecule has 3 N–H and O–H groups in total. The van der Waals surface area contributed by atoms with Gasteiger partial charge in [-0.2, -0.15) is 0 Å². The van der Waals surface area contributed by atoms with Crippen molar-refractivity contribution in [3.63, 3.8) is 0 Å². The van der Waals surface area contributed by atoms with Crippen LogP contribution in [0.4, 0.5) is 5.69 Å². The average Bonchev–Trinajstić information content (AvgIpc) is 2.41. The molecule has 2 unspecified atom stereocenters. The van der Waals surface area contributed by atoms with E-state index in [1.54, 1.807) is 0 Å². The Balaban J connectivity index is 1.93. The van der Waals surface area contributed by atoms with E-state index in [-0.39, 0.29) is 24.0 Å². The molecule has 1 saturated carbocycles. The van der Waals surface area contributed by atoms with Crippen LogP contribution in [0.5, 0.6) is 5.75 Å². The van der Waals surface area contributed by atoms with Crippen LogP contribution in [-0.4, -0.2) is 18.1 Å². The van der Waals surface area contributed by atoms with E-state index in [1.165, 1.54) is 0 Å². The third kappa shape index (κ3) is 3.97. The molecule has 0 aliphatic heterocycles. The fourth-order valence-electron chi connectivity index (χ4n) is 2.61. The van der Waals surface area contributed by atoms with Crippen molar-refractivity contribution in [1.82, 2.24) is 0 Å². The largest absolute Gasteiger partial charge is 0.491 e. The minimum Gasteiger partial charge on any atom is -0.491 e. The normalized spacial score (nSPS) is 22.6. The van der Waals surface area contributed by atoms with E-state index in [1.807, 2.05) is 38.1 Å². The quantitative estimate of drug-likeness (QED) is 0.888. The molecule has 2 rings (SSSR count). The second-order valence-electron chi connectivity index (χ2n) is 5.74. The third-order valence-electron chi connectivity index (χ3n) is 3.65. The van der Waals surface area contributed by atoms with Gasteiger partial charge in [0.25, 0.3) is 0 Å². The standard InChI is InChI=1S/C16H24N2O2/c1-11(2)20-13-9-7-12(8-10-13)18-16(19)14-5-3-4-6-15(14)17/h7-11,14-15H,3-6,17H2,1-2H3,(H,18,19). The highest BCUT2D eigenvalue weighted by Gasteiger charge is 2.28. The van der Waals surface area contributed by atoms with Crippen molar-refractivity contribution >= 4 is 11.6 Å². The van der Waals surface area contributed by atoms with Gasteiger partial charge in [-0.15, -0.1) is 0 Å². The van der Waals surface area contributed by atoms with Gasteiger partial charge in [0.1, 0.15) is 5.75 Å². The molecule has 4 nitrogen and oxygen atoms in total. The van der Waals surface area contributed by atoms with Crippen molar-refractivity contribution in [2.24, 2.45) is 11.7 Å². The molecule has 0 radical (unpaired) electrons. The molecule has 20 heavy (non-hydrogen) atoms. The monoisotopic (exact) mass is 276 g/mol. The van der Waals surface area contributed by atoms with Crippen LogP contribution in [0.15, 0.2) is 24.3 Å². The first kappa shape index (κ1) is 14.9. The van der Waals surface area contributed by atoms with Crippen molar-refractivity contribution in [2.75, 3.05) is 5.32 Å². The van der Waals surface area contributed by atoms with Gasteiger partial charge < -0.3 is 15.8 Å². The zero-order chi connectivity index (χ0) is 14.5. The number of nitrogens with two attached hydrogens (primary N) is 1. The highest BCUT2D eigenvalue weighted by Crippen LogP contribution is 2.25. The van der Waals surface area contributed by atoms with Gasteiger partial charge in [0.2, 0.25) is 5.91 Å². The van der Waals surface area contributed by atoms with Crippen molar-refractivity contribution in [1.29, 1.82) is 0 Å². The summed E-state index contributed by atoms with van der Waals surface area (Å²) in [6.45, 7) is 3.97. The molecule has 110 valence electrons. The van der Waals surface area contributed by atoms with E-state index < -0.39 is 0 Å². The van der Waals surface area contributed by atoms with E-state index in [9.17, 15) is 4.79 Å². The lowest BCUT2D eigenvalue weighted by atomic mass is 9.84. The Morgan fingerprint density at radius 1 is 1.25 bits per heavy atom. The topological polar surface area (TPSA) is 64.3 Å². The molecule has 0 saturated heterocycles. The molecule has 0 aromatic heterocycles. The van der Waals surface area contributed by atoms with Gasteiger partial charge >= 0.3 is 0 Å². The summed E-state index contributed by atoms with van der Waals surface area (Å²) in [7, 11) is 0. The van der Waals surface area contributed by atoms with Crippen LogP contribution >= 0.6 is 0 Å². The molecule has 0 spiro atoms. The van der Waals surface area contributed by atoms with Crippen LogP contribution in [0.1, 0.15) is 39.5 Å². The lowest BCUT2D eigenvalue weighted by molar-refractivity contribution is -0.121. The predicted octanol–water partition coefficient (Wildman–Crippen LogP) is 2.93. The number of amides is 1. The van der Waals surface area contributed by atoms with Gasteiger partial charge in [-0.3, -0.25) is 4.79 Å². The van der Waals surface area contributed by atoms with Crippen LogP contribution in [0, 0.1) is 5.92 Å². The van der Waals surface area contributed by atoms with E-state index in [4.69, 9.17) is 10.5 Å². The number of nitrogens with one attached hydrogen (secondary N) is 1. The molecule has 1 aromatic rings. The summed E-state index contributed by atoms with van der Waals surface area (Å²) in [6.07, 6.45) is 4.20. The number of hydrogen-bond acceptors (Lipinski definition) is 3. The zero-order valence-electron chi connectivity index (χ0n) is 12.3. The minimum atomic E-state index is -0.0599. The molecule has 0 bridgehead atoms. The smallest absolute Gasteiger partial charge is 0.229 e. The van der Waals surface area contributed by atoms with Crippen LogP contribution in [0.2, 0.25) is 0 Å². The fraction of sp³-hybridized carbons (Fsp3) is 0.562. The molecule has 4 heteroatoms. The second kappa shape index (κ2) is 6.75. The highest BCUT2D eigenvalue weighted by atomic mass is 16.5. The van der Waals surface area contributed by atoms with Crippen LogP contribution in [0.3, 0.4) is 0 Å². The lowest BCUT2D eigenvalue weighted by Crippen LogP contribution is -2.40. The summed E-state index contributed by atoms with van der Waals surface area (Å²) in [4.78, 5) is 12.2. The van der Waals surface area contributed by atoms with Gasteiger partial charge in [0, 0.05) is 11.7 Å². The molecule has 2 atom stereocenters. The Bertz CT molecular complexity index is 442. The van der Waals surface area contributed by atoms with Crippen molar-refractivity contribution < 1.29 is 9.53 Å². The Morgan fingerprint density at radius 3 is 2.50 bits per heavy atom. The minimum absolute atomic E-state index is 0.00713. The van der Waals surface area contributed by atoms with E-state index in [0.29, 0.717) is 0 Å². The van der Waals surface area contributed by atoms with Crippen LogP contribution in [-0.2, 0) is 4.79 Å². The number of benzene rings is 1. The second-order valence-corrected chi connectivity index (χ2v) is 5.74. The SMILES string of the molecule is CC(C)Oc1ccc(NC(=O)C2CCCCC2N)cc1. The van der Waals surface area contributed by atoms with E-state index >= 15 is 0 Å². The Labute approximate surface area is 120 Å². The number of rotatable bonds is 4. The summed E-state index contributed by atoms with van der Waals surface area (Å²) in [5.41, 5.74) is 6.83. The average molecular weight is 276 g/mol. The first-order valence-electron chi connectivity index (χ1n) is 7.39. The lowest BCUT2D eigenvalue weighted by Gasteiger charge is -2.27. The summed E-state index contributed by atoms with van der Waals surface area (Å²) in [5.74, 6) is 0.789. The predicted molar refractivity (Wildman–Crippen MR) is 80.8 cm³/mol. The summed E-state index contributed by atoms with van der Waals surface area (Å²) in [6, 6.07) is 7.47. The van der Waals surface area contributed by atoms with E-state index in [2.05, 4.69) is 5.32 Å². The van der Waals surface area contributed by atoms with Gasteiger partial charge in [-0.05, 0) is 51.0 Å². The third-order valence-corrected chi connectivity index (χ3v) is 3.65. The summed E-state index contributed by atoms with van der Waals surface area (Å²) >= 11 is 0. The number of hydrogen-bond donors (Lipinski definition) is 2. The maximum Gasteiger partial charge on any atom is 0.229 e. The molecule has 0 heterocycles. The first-order valence-corrected chi connectivity index (χ1v) is 7.39. The molecule has 1 aliphatic carbocycles. The van der Waals surface area contributed by atoms with Gasteiger partial charge in [-0.1, -0.05) is 12.8 Å². The summed E-state index contributed by atoms with van der Waals surface area (Å²) in [5, 5.41) is 2.95. The zero-order valence-corrected chi connectivity index (χ0v) is 12.3.